The maximum atomic E-state index is 13.5. The Morgan fingerprint density at radius 2 is 1.76 bits per heavy atom. The number of esters is 1. The highest BCUT2D eigenvalue weighted by molar-refractivity contribution is 6.67. The van der Waals surface area contributed by atoms with Crippen LogP contribution in [0.3, 0.4) is 0 Å². The molecule has 0 unspecified atom stereocenters. The molecule has 9 nitrogen and oxygen atoms in total. The number of hydrogen-bond acceptors (Lipinski definition) is 6. The van der Waals surface area contributed by atoms with Crippen LogP contribution in [0.2, 0.25) is 0 Å². The first-order valence-corrected chi connectivity index (χ1v) is 13.8. The van der Waals surface area contributed by atoms with E-state index in [1.807, 2.05) is 30.3 Å². The maximum Gasteiger partial charge on any atom is 0.407 e. The van der Waals surface area contributed by atoms with Crippen LogP contribution >= 0.6 is 34.8 Å². The molecule has 0 bridgehead atoms. The van der Waals surface area contributed by atoms with Crippen LogP contribution in [0.1, 0.15) is 58.4 Å². The largest absolute Gasteiger partial charge is 0.458 e. The number of benzene rings is 1. The first kappa shape index (κ1) is 30.3. The minimum Gasteiger partial charge on any atom is -0.458 e. The maximum absolute atomic E-state index is 13.5. The highest BCUT2D eigenvalue weighted by Crippen LogP contribution is 2.32. The summed E-state index contributed by atoms with van der Waals surface area (Å²) in [5.74, 6) is -1.17. The lowest BCUT2D eigenvalue weighted by atomic mass is 10.0. The number of carbonyl (C=O) groups excluding carboxylic acids is 4. The van der Waals surface area contributed by atoms with E-state index < -0.39 is 58.1 Å². The van der Waals surface area contributed by atoms with Gasteiger partial charge in [-0.3, -0.25) is 9.59 Å². The van der Waals surface area contributed by atoms with Crippen molar-refractivity contribution in [2.75, 3.05) is 6.61 Å². The van der Waals surface area contributed by atoms with Gasteiger partial charge >= 0.3 is 12.1 Å². The van der Waals surface area contributed by atoms with Gasteiger partial charge in [0.15, 0.2) is 0 Å². The lowest BCUT2D eigenvalue weighted by Crippen LogP contribution is -2.56. The van der Waals surface area contributed by atoms with Crippen LogP contribution in [0, 0.1) is 0 Å². The molecule has 210 valence electrons. The van der Waals surface area contributed by atoms with E-state index in [2.05, 4.69) is 10.6 Å². The SMILES string of the molecule is CC(C)(C)OC(=O)[C@H](Cc1ccccc1)NC(=O)[C@@H]1CC[C@H]2[C@@H](NC(=O)OCC(Cl)(Cl)Cl)CCCC(=O)N12. The first-order valence-electron chi connectivity index (χ1n) is 12.6. The summed E-state index contributed by atoms with van der Waals surface area (Å²) in [5.41, 5.74) is 0.121. The van der Waals surface area contributed by atoms with Crippen LogP contribution in [0.15, 0.2) is 30.3 Å². The van der Waals surface area contributed by atoms with Gasteiger partial charge < -0.3 is 25.0 Å². The molecule has 3 amide bonds. The van der Waals surface area contributed by atoms with Crippen molar-refractivity contribution in [3.63, 3.8) is 0 Å². The van der Waals surface area contributed by atoms with Crippen molar-refractivity contribution in [3.05, 3.63) is 35.9 Å². The lowest BCUT2D eigenvalue weighted by molar-refractivity contribution is -0.159. The molecule has 0 saturated carbocycles. The summed E-state index contributed by atoms with van der Waals surface area (Å²) in [5, 5.41) is 5.60. The molecule has 0 aromatic heterocycles. The average molecular weight is 591 g/mol. The second kappa shape index (κ2) is 12.7. The number of amides is 3. The molecule has 2 heterocycles. The van der Waals surface area contributed by atoms with Gasteiger partial charge in [-0.05, 0) is 52.0 Å². The van der Waals surface area contributed by atoms with E-state index in [9.17, 15) is 19.2 Å². The molecule has 4 atom stereocenters. The summed E-state index contributed by atoms with van der Waals surface area (Å²) in [6.45, 7) is 4.85. The van der Waals surface area contributed by atoms with Crippen molar-refractivity contribution in [1.29, 1.82) is 0 Å². The molecular weight excluding hydrogens is 557 g/mol. The third-order valence-corrected chi connectivity index (χ3v) is 6.68. The van der Waals surface area contributed by atoms with E-state index >= 15 is 0 Å². The van der Waals surface area contributed by atoms with Crippen LogP contribution in [0.4, 0.5) is 4.79 Å². The molecule has 2 saturated heterocycles. The van der Waals surface area contributed by atoms with Gasteiger partial charge in [0.25, 0.3) is 0 Å². The number of fused-ring (bicyclic) bond motifs is 1. The summed E-state index contributed by atoms with van der Waals surface area (Å²) in [4.78, 5) is 53.4. The molecule has 3 rings (SSSR count). The van der Waals surface area contributed by atoms with E-state index in [0.717, 1.165) is 5.56 Å². The molecule has 2 aliphatic heterocycles. The van der Waals surface area contributed by atoms with Crippen LogP contribution < -0.4 is 10.6 Å². The Bertz CT molecular complexity index is 1010. The van der Waals surface area contributed by atoms with Crippen LogP contribution in [-0.4, -0.2) is 68.9 Å². The second-order valence-corrected chi connectivity index (χ2v) is 13.1. The quantitative estimate of drug-likeness (QED) is 0.366. The molecule has 0 aliphatic carbocycles. The number of ether oxygens (including phenoxy) is 2. The van der Waals surface area contributed by atoms with Crippen LogP contribution in [0.5, 0.6) is 0 Å². The third kappa shape index (κ3) is 8.92. The van der Waals surface area contributed by atoms with E-state index in [1.165, 1.54) is 4.90 Å². The van der Waals surface area contributed by atoms with Crippen molar-refractivity contribution < 1.29 is 28.7 Å². The minimum absolute atomic E-state index is 0.177. The molecule has 1 aromatic carbocycles. The molecular formula is C26H34Cl3N3O6. The fourth-order valence-electron chi connectivity index (χ4n) is 4.84. The van der Waals surface area contributed by atoms with Gasteiger partial charge in [-0.1, -0.05) is 65.1 Å². The zero-order valence-electron chi connectivity index (χ0n) is 21.7. The molecule has 38 heavy (non-hydrogen) atoms. The third-order valence-electron chi connectivity index (χ3n) is 6.35. The zero-order chi connectivity index (χ0) is 28.1. The fourth-order valence-corrected chi connectivity index (χ4v) is 5.00. The number of carbonyl (C=O) groups is 4. The Morgan fingerprint density at radius 1 is 1.08 bits per heavy atom. The predicted molar refractivity (Wildman–Crippen MR) is 144 cm³/mol. The second-order valence-electron chi connectivity index (χ2n) is 10.6. The van der Waals surface area contributed by atoms with Crippen molar-refractivity contribution >= 4 is 58.7 Å². The fraction of sp³-hybridized carbons (Fsp3) is 0.615. The Hall–Kier alpha value is -2.23. The summed E-state index contributed by atoms with van der Waals surface area (Å²) >= 11 is 17.0. The van der Waals surface area contributed by atoms with E-state index in [0.29, 0.717) is 25.7 Å². The van der Waals surface area contributed by atoms with Gasteiger partial charge in [0.05, 0.1) is 12.1 Å². The Kier molecular flexibility index (Phi) is 10.2. The lowest BCUT2D eigenvalue weighted by Gasteiger charge is -2.33. The van der Waals surface area contributed by atoms with Crippen molar-refractivity contribution in [2.24, 2.45) is 0 Å². The number of alkyl halides is 3. The summed E-state index contributed by atoms with van der Waals surface area (Å²) in [6.07, 6.45) is 1.65. The zero-order valence-corrected chi connectivity index (χ0v) is 23.9. The van der Waals surface area contributed by atoms with E-state index in [-0.39, 0.29) is 18.7 Å². The van der Waals surface area contributed by atoms with Gasteiger partial charge in [0, 0.05) is 12.8 Å². The predicted octanol–water partition coefficient (Wildman–Crippen LogP) is 4.06. The Labute approximate surface area is 237 Å². The van der Waals surface area contributed by atoms with Gasteiger partial charge in [0.2, 0.25) is 15.6 Å². The number of rotatable bonds is 7. The molecule has 1 aromatic rings. The summed E-state index contributed by atoms with van der Waals surface area (Å²) < 4.78 is 8.82. The molecule has 2 aliphatic rings. The summed E-state index contributed by atoms with van der Waals surface area (Å²) in [6, 6.07) is 6.74. The molecule has 0 spiro atoms. The van der Waals surface area contributed by atoms with Gasteiger partial charge in [-0.2, -0.15) is 0 Å². The highest BCUT2D eigenvalue weighted by atomic mass is 35.6. The van der Waals surface area contributed by atoms with Crippen molar-refractivity contribution in [1.82, 2.24) is 15.5 Å². The summed E-state index contributed by atoms with van der Waals surface area (Å²) in [7, 11) is 0. The molecule has 2 fully saturated rings. The normalized spacial score (nSPS) is 22.6. The number of hydrogen-bond donors (Lipinski definition) is 2. The van der Waals surface area contributed by atoms with Gasteiger partial charge in [-0.25, -0.2) is 9.59 Å². The topological polar surface area (TPSA) is 114 Å². The number of nitrogens with zero attached hydrogens (tertiary/aromatic N) is 1. The van der Waals surface area contributed by atoms with Gasteiger partial charge in [-0.15, -0.1) is 0 Å². The smallest absolute Gasteiger partial charge is 0.407 e. The van der Waals surface area contributed by atoms with Crippen molar-refractivity contribution in [2.45, 2.75) is 92.9 Å². The van der Waals surface area contributed by atoms with E-state index in [4.69, 9.17) is 44.3 Å². The molecule has 12 heteroatoms. The monoisotopic (exact) mass is 589 g/mol. The number of halogens is 3. The first-order chi connectivity index (χ1) is 17.7. The molecule has 2 N–H and O–H groups in total. The highest BCUT2D eigenvalue weighted by Gasteiger charge is 2.46. The minimum atomic E-state index is -1.75. The van der Waals surface area contributed by atoms with Crippen LogP contribution in [-0.2, 0) is 30.3 Å². The van der Waals surface area contributed by atoms with Crippen molar-refractivity contribution in [3.8, 4) is 0 Å². The van der Waals surface area contributed by atoms with Crippen LogP contribution in [0.25, 0.3) is 0 Å². The number of alkyl carbamates (subject to hydrolysis) is 1. The van der Waals surface area contributed by atoms with Gasteiger partial charge in [0.1, 0.15) is 24.3 Å². The molecule has 0 radical (unpaired) electrons. The number of nitrogens with one attached hydrogen (secondary N) is 2. The Balaban J connectivity index is 1.73. The standard InChI is InChI=1S/C26H34Cl3N3O6/c1-25(2,3)38-23(35)18(14-16-8-5-4-6-9-16)30-22(34)20-13-12-19-17(10-7-11-21(33)32(19)20)31-24(36)37-15-26(27,28)29/h4-6,8-9,17-20H,7,10-15H2,1-3H3,(H,30,34)(H,31,36)/t17-,18-,19-,20-/m0/s1. The average Bonchev–Trinajstić information content (AvgIpc) is 3.20. The Morgan fingerprint density at radius 3 is 2.39 bits per heavy atom. The van der Waals surface area contributed by atoms with E-state index in [1.54, 1.807) is 20.8 Å².